The number of hydrogen-bond acceptors (Lipinski definition) is 2. The van der Waals surface area contributed by atoms with Crippen molar-refractivity contribution in [1.29, 1.82) is 0 Å². The molecule has 0 unspecified atom stereocenters. The van der Waals surface area contributed by atoms with Crippen molar-refractivity contribution in [3.05, 3.63) is 47.8 Å². The Kier molecular flexibility index (Phi) is 5.05. The molecular weight excluding hydrogens is 298 g/mol. The summed E-state index contributed by atoms with van der Waals surface area (Å²) in [5, 5.41) is 0. The van der Waals surface area contributed by atoms with Crippen LogP contribution in [0.4, 0.5) is 0 Å². The summed E-state index contributed by atoms with van der Waals surface area (Å²) in [5.74, 6) is 0.158. The average molecular weight is 325 g/mol. The Morgan fingerprint density at radius 3 is 2.50 bits per heavy atom. The van der Waals surface area contributed by atoms with Crippen molar-refractivity contribution in [3.8, 4) is 11.1 Å². The van der Waals surface area contributed by atoms with Gasteiger partial charge >= 0.3 is 0 Å². The van der Waals surface area contributed by atoms with E-state index in [4.69, 9.17) is 0 Å². The molecule has 1 aromatic heterocycles. The van der Waals surface area contributed by atoms with Crippen LogP contribution in [0, 0.1) is 6.92 Å². The van der Waals surface area contributed by atoms with Crippen molar-refractivity contribution in [3.63, 3.8) is 0 Å². The minimum absolute atomic E-state index is 0.158. The second-order valence-electron chi connectivity index (χ2n) is 6.72. The summed E-state index contributed by atoms with van der Waals surface area (Å²) in [6.45, 7) is 8.65. The smallest absolute Gasteiger partial charge is 0.270 e. The predicted octanol–water partition coefficient (Wildman–Crippen LogP) is 3.26. The molecule has 4 heteroatoms. The van der Waals surface area contributed by atoms with Gasteiger partial charge in [-0.05, 0) is 45.5 Å². The molecule has 0 radical (unpaired) electrons. The number of nitrogens with zero attached hydrogens (tertiary/aromatic N) is 3. The summed E-state index contributed by atoms with van der Waals surface area (Å²) in [4.78, 5) is 17.3. The lowest BCUT2D eigenvalue weighted by molar-refractivity contribution is 0.0752. The van der Waals surface area contributed by atoms with E-state index in [0.29, 0.717) is 0 Å². The van der Waals surface area contributed by atoms with Crippen LogP contribution in [0.5, 0.6) is 0 Å². The number of amides is 1. The zero-order chi connectivity index (χ0) is 17.1. The SMILES string of the molecule is CCn1cc(-c2ccc(C)cc2)cc1C(=O)N1CCCN(C)CC1. The van der Waals surface area contributed by atoms with Gasteiger partial charge in [0.2, 0.25) is 0 Å². The van der Waals surface area contributed by atoms with Crippen LogP contribution < -0.4 is 0 Å². The Balaban J connectivity index is 1.87. The molecule has 4 nitrogen and oxygen atoms in total. The van der Waals surface area contributed by atoms with Gasteiger partial charge in [-0.25, -0.2) is 0 Å². The highest BCUT2D eigenvalue weighted by Crippen LogP contribution is 2.24. The first-order valence-electron chi connectivity index (χ1n) is 8.83. The number of benzene rings is 1. The molecule has 24 heavy (non-hydrogen) atoms. The molecule has 1 fully saturated rings. The molecule has 1 saturated heterocycles. The van der Waals surface area contributed by atoms with Gasteiger partial charge < -0.3 is 14.4 Å². The fraction of sp³-hybridized carbons (Fsp3) is 0.450. The maximum atomic E-state index is 13.0. The number of carbonyl (C=O) groups is 1. The van der Waals surface area contributed by atoms with Gasteiger partial charge in [0.05, 0.1) is 0 Å². The topological polar surface area (TPSA) is 28.5 Å². The van der Waals surface area contributed by atoms with E-state index in [-0.39, 0.29) is 5.91 Å². The fourth-order valence-corrected chi connectivity index (χ4v) is 3.27. The zero-order valence-corrected chi connectivity index (χ0v) is 15.0. The lowest BCUT2D eigenvalue weighted by Crippen LogP contribution is -2.35. The van der Waals surface area contributed by atoms with Gasteiger partial charge in [0.1, 0.15) is 5.69 Å². The lowest BCUT2D eigenvalue weighted by Gasteiger charge is -2.21. The van der Waals surface area contributed by atoms with Crippen molar-refractivity contribution in [1.82, 2.24) is 14.4 Å². The summed E-state index contributed by atoms with van der Waals surface area (Å²) >= 11 is 0. The number of aromatic nitrogens is 1. The van der Waals surface area contributed by atoms with E-state index >= 15 is 0 Å². The van der Waals surface area contributed by atoms with Gasteiger partial charge in [-0.1, -0.05) is 29.8 Å². The van der Waals surface area contributed by atoms with Crippen LogP contribution in [-0.2, 0) is 6.54 Å². The van der Waals surface area contributed by atoms with Crippen molar-refractivity contribution >= 4 is 5.91 Å². The minimum Gasteiger partial charge on any atom is -0.343 e. The quantitative estimate of drug-likeness (QED) is 0.866. The first-order valence-corrected chi connectivity index (χ1v) is 8.83. The van der Waals surface area contributed by atoms with E-state index in [1.54, 1.807) is 0 Å². The number of aryl methyl sites for hydroxylation is 2. The van der Waals surface area contributed by atoms with Crippen LogP contribution in [-0.4, -0.2) is 53.5 Å². The van der Waals surface area contributed by atoms with Gasteiger partial charge in [-0.15, -0.1) is 0 Å². The van der Waals surface area contributed by atoms with Gasteiger partial charge in [0, 0.05) is 37.9 Å². The maximum absolute atomic E-state index is 13.0. The second-order valence-corrected chi connectivity index (χ2v) is 6.72. The minimum atomic E-state index is 0.158. The van der Waals surface area contributed by atoms with E-state index < -0.39 is 0 Å². The van der Waals surface area contributed by atoms with Crippen LogP contribution in [0.15, 0.2) is 36.5 Å². The van der Waals surface area contributed by atoms with E-state index in [2.05, 4.69) is 60.8 Å². The Morgan fingerprint density at radius 2 is 1.79 bits per heavy atom. The van der Waals surface area contributed by atoms with Gasteiger partial charge in [-0.2, -0.15) is 0 Å². The van der Waals surface area contributed by atoms with Gasteiger partial charge in [0.25, 0.3) is 5.91 Å². The van der Waals surface area contributed by atoms with Crippen molar-refractivity contribution < 1.29 is 4.79 Å². The molecule has 0 bridgehead atoms. The molecule has 0 saturated carbocycles. The van der Waals surface area contributed by atoms with Crippen LogP contribution in [0.3, 0.4) is 0 Å². The normalized spacial score (nSPS) is 16.2. The Morgan fingerprint density at radius 1 is 1.04 bits per heavy atom. The first kappa shape index (κ1) is 16.8. The highest BCUT2D eigenvalue weighted by Gasteiger charge is 2.22. The third-order valence-electron chi connectivity index (χ3n) is 4.85. The molecule has 0 N–H and O–H groups in total. The Bertz CT molecular complexity index is 702. The highest BCUT2D eigenvalue weighted by atomic mass is 16.2. The largest absolute Gasteiger partial charge is 0.343 e. The molecule has 2 heterocycles. The van der Waals surface area contributed by atoms with Crippen molar-refractivity contribution in [2.24, 2.45) is 0 Å². The van der Waals surface area contributed by atoms with E-state index in [1.165, 1.54) is 5.56 Å². The molecule has 128 valence electrons. The second kappa shape index (κ2) is 7.22. The van der Waals surface area contributed by atoms with Crippen molar-refractivity contribution in [2.45, 2.75) is 26.8 Å². The summed E-state index contributed by atoms with van der Waals surface area (Å²) < 4.78 is 2.08. The molecular formula is C20H27N3O. The van der Waals surface area contributed by atoms with Gasteiger partial charge in [-0.3, -0.25) is 4.79 Å². The summed E-state index contributed by atoms with van der Waals surface area (Å²) in [6, 6.07) is 10.5. The average Bonchev–Trinajstić information content (AvgIpc) is 2.90. The number of carbonyl (C=O) groups excluding carboxylic acids is 1. The molecule has 0 atom stereocenters. The zero-order valence-electron chi connectivity index (χ0n) is 15.0. The van der Waals surface area contributed by atoms with E-state index in [1.807, 2.05) is 11.0 Å². The summed E-state index contributed by atoms with van der Waals surface area (Å²) in [5.41, 5.74) is 4.33. The molecule has 0 aliphatic carbocycles. The van der Waals surface area contributed by atoms with Crippen molar-refractivity contribution in [2.75, 3.05) is 33.2 Å². The molecule has 1 aromatic carbocycles. The maximum Gasteiger partial charge on any atom is 0.270 e. The Hall–Kier alpha value is -2.07. The predicted molar refractivity (Wildman–Crippen MR) is 98.3 cm³/mol. The number of likely N-dealkylation sites (N-methyl/N-ethyl adjacent to an activating group) is 1. The van der Waals surface area contributed by atoms with Crippen LogP contribution in [0.2, 0.25) is 0 Å². The molecule has 1 aliphatic heterocycles. The number of hydrogen-bond donors (Lipinski definition) is 0. The molecule has 1 amide bonds. The van der Waals surface area contributed by atoms with E-state index in [9.17, 15) is 4.79 Å². The molecule has 3 rings (SSSR count). The number of rotatable bonds is 3. The standard InChI is InChI=1S/C20H27N3O/c1-4-22-15-18(17-8-6-16(2)7-9-17)14-19(22)20(24)23-11-5-10-21(3)12-13-23/h6-9,14-15H,4-5,10-13H2,1-3H3. The van der Waals surface area contributed by atoms with Crippen LogP contribution in [0.25, 0.3) is 11.1 Å². The summed E-state index contributed by atoms with van der Waals surface area (Å²) in [6.07, 6.45) is 3.14. The first-order chi connectivity index (χ1) is 11.6. The highest BCUT2D eigenvalue weighted by molar-refractivity contribution is 5.94. The molecule has 2 aromatic rings. The molecule has 1 aliphatic rings. The van der Waals surface area contributed by atoms with E-state index in [0.717, 1.165) is 56.0 Å². The molecule has 0 spiro atoms. The summed E-state index contributed by atoms with van der Waals surface area (Å²) in [7, 11) is 2.12. The third-order valence-corrected chi connectivity index (χ3v) is 4.85. The fourth-order valence-electron chi connectivity index (χ4n) is 3.27. The van der Waals surface area contributed by atoms with Crippen LogP contribution in [0.1, 0.15) is 29.4 Å². The van der Waals surface area contributed by atoms with Crippen LogP contribution >= 0.6 is 0 Å². The monoisotopic (exact) mass is 325 g/mol. The third kappa shape index (κ3) is 3.54. The Labute approximate surface area is 144 Å². The van der Waals surface area contributed by atoms with Gasteiger partial charge in [0.15, 0.2) is 0 Å². The lowest BCUT2D eigenvalue weighted by atomic mass is 10.1.